The molecule has 1 aromatic heterocycles. The number of nitrogens with two attached hydrogens (primary N) is 1. The molecule has 1 heterocycles. The van der Waals surface area contributed by atoms with E-state index >= 15 is 0 Å². The molecule has 0 amide bonds. The lowest BCUT2D eigenvalue weighted by Gasteiger charge is -2.04. The maximum atomic E-state index is 5.60. The third-order valence-electron chi connectivity index (χ3n) is 3.27. The van der Waals surface area contributed by atoms with Crippen LogP contribution < -0.4 is 5.73 Å². The highest BCUT2D eigenvalue weighted by molar-refractivity contribution is 5.83. The summed E-state index contributed by atoms with van der Waals surface area (Å²) in [6.07, 6.45) is 5.43. The Morgan fingerprint density at radius 3 is 2.83 bits per heavy atom. The van der Waals surface area contributed by atoms with Crippen LogP contribution in [0.2, 0.25) is 0 Å². The average Bonchev–Trinajstić information content (AvgIpc) is 2.76. The third-order valence-corrected chi connectivity index (χ3v) is 3.27. The Labute approximate surface area is 109 Å². The predicted octanol–water partition coefficient (Wildman–Crippen LogP) is 2.57. The zero-order valence-electron chi connectivity index (χ0n) is 11.1. The van der Waals surface area contributed by atoms with Crippen LogP contribution in [0, 0.1) is 0 Å². The summed E-state index contributed by atoms with van der Waals surface area (Å²) < 4.78 is 7.45. The predicted molar refractivity (Wildman–Crippen MR) is 75.8 cm³/mol. The Morgan fingerprint density at radius 1 is 1.22 bits per heavy atom. The highest BCUT2D eigenvalue weighted by atomic mass is 16.5. The number of methoxy groups -OCH3 is 1. The molecule has 0 spiro atoms. The second-order valence-corrected chi connectivity index (χ2v) is 4.60. The van der Waals surface area contributed by atoms with Gasteiger partial charge in [-0.1, -0.05) is 18.2 Å². The number of hydrogen-bond donors (Lipinski definition) is 1. The van der Waals surface area contributed by atoms with Crippen molar-refractivity contribution in [1.29, 1.82) is 0 Å². The summed E-state index contributed by atoms with van der Waals surface area (Å²) in [5, 5.41) is 1.36. The lowest BCUT2D eigenvalue weighted by atomic mass is 10.1. The van der Waals surface area contributed by atoms with Crippen molar-refractivity contribution in [3.63, 3.8) is 0 Å². The number of rotatable bonds is 7. The van der Waals surface area contributed by atoms with Crippen LogP contribution in [0.25, 0.3) is 10.9 Å². The van der Waals surface area contributed by atoms with Crippen molar-refractivity contribution in [3.05, 3.63) is 36.0 Å². The quantitative estimate of drug-likeness (QED) is 0.763. The number of benzene rings is 1. The molecule has 2 aromatic rings. The van der Waals surface area contributed by atoms with Gasteiger partial charge in [0.05, 0.1) is 0 Å². The summed E-state index contributed by atoms with van der Waals surface area (Å²) in [4.78, 5) is 0. The van der Waals surface area contributed by atoms with Gasteiger partial charge in [-0.15, -0.1) is 0 Å². The average molecular weight is 246 g/mol. The zero-order valence-corrected chi connectivity index (χ0v) is 11.1. The first kappa shape index (κ1) is 13.1. The van der Waals surface area contributed by atoms with Crippen molar-refractivity contribution >= 4 is 10.9 Å². The highest BCUT2D eigenvalue weighted by Crippen LogP contribution is 2.22. The van der Waals surface area contributed by atoms with Gasteiger partial charge in [-0.2, -0.15) is 0 Å². The van der Waals surface area contributed by atoms with E-state index in [-0.39, 0.29) is 0 Å². The largest absolute Gasteiger partial charge is 0.385 e. The van der Waals surface area contributed by atoms with Crippen molar-refractivity contribution in [2.45, 2.75) is 25.8 Å². The Balaban J connectivity index is 2.23. The van der Waals surface area contributed by atoms with E-state index in [0.717, 1.165) is 39.0 Å². The molecule has 18 heavy (non-hydrogen) atoms. The minimum atomic E-state index is 0.753. The Morgan fingerprint density at radius 2 is 2.06 bits per heavy atom. The number of nitrogens with zero attached hydrogens (tertiary/aromatic N) is 1. The normalized spacial score (nSPS) is 11.2. The van der Waals surface area contributed by atoms with Gasteiger partial charge < -0.3 is 15.0 Å². The van der Waals surface area contributed by atoms with Crippen molar-refractivity contribution in [3.8, 4) is 0 Å². The topological polar surface area (TPSA) is 40.2 Å². The van der Waals surface area contributed by atoms with Gasteiger partial charge in [0.25, 0.3) is 0 Å². The van der Waals surface area contributed by atoms with E-state index in [9.17, 15) is 0 Å². The van der Waals surface area contributed by atoms with Crippen molar-refractivity contribution in [2.75, 3.05) is 20.3 Å². The fourth-order valence-corrected chi connectivity index (χ4v) is 2.38. The maximum absolute atomic E-state index is 5.60. The Kier molecular flexibility index (Phi) is 4.79. The van der Waals surface area contributed by atoms with Crippen LogP contribution in [0.5, 0.6) is 0 Å². The Hall–Kier alpha value is -1.32. The monoisotopic (exact) mass is 246 g/mol. The lowest BCUT2D eigenvalue weighted by Crippen LogP contribution is -2.01. The van der Waals surface area contributed by atoms with Gasteiger partial charge >= 0.3 is 0 Å². The molecule has 0 unspecified atom stereocenters. The number of aryl methyl sites for hydroxylation is 2. The van der Waals surface area contributed by atoms with Gasteiger partial charge in [0, 0.05) is 37.4 Å². The fourth-order valence-electron chi connectivity index (χ4n) is 2.38. The van der Waals surface area contributed by atoms with Crippen LogP contribution in [0.3, 0.4) is 0 Å². The van der Waals surface area contributed by atoms with Crippen LogP contribution in [0.4, 0.5) is 0 Å². The molecule has 0 fully saturated rings. The first-order valence-corrected chi connectivity index (χ1v) is 6.62. The van der Waals surface area contributed by atoms with E-state index in [1.165, 1.54) is 16.5 Å². The summed E-state index contributed by atoms with van der Waals surface area (Å²) in [7, 11) is 1.75. The molecule has 3 heteroatoms. The third kappa shape index (κ3) is 2.92. The molecule has 98 valence electrons. The van der Waals surface area contributed by atoms with E-state index in [2.05, 4.69) is 35.0 Å². The molecule has 3 nitrogen and oxygen atoms in total. The zero-order chi connectivity index (χ0) is 12.8. The van der Waals surface area contributed by atoms with Gasteiger partial charge in [-0.3, -0.25) is 0 Å². The molecule has 0 bridgehead atoms. The molecule has 2 rings (SSSR count). The van der Waals surface area contributed by atoms with Crippen molar-refractivity contribution < 1.29 is 4.74 Å². The molecular weight excluding hydrogens is 224 g/mol. The number of aromatic nitrogens is 1. The number of fused-ring (bicyclic) bond motifs is 1. The van der Waals surface area contributed by atoms with Crippen LogP contribution in [0.15, 0.2) is 30.5 Å². The van der Waals surface area contributed by atoms with Gasteiger partial charge in [-0.05, 0) is 37.4 Å². The van der Waals surface area contributed by atoms with E-state index < -0.39 is 0 Å². The van der Waals surface area contributed by atoms with Crippen LogP contribution >= 0.6 is 0 Å². The van der Waals surface area contributed by atoms with Crippen molar-refractivity contribution in [1.82, 2.24) is 4.57 Å². The van der Waals surface area contributed by atoms with Gasteiger partial charge in [-0.25, -0.2) is 0 Å². The maximum Gasteiger partial charge on any atom is 0.0483 e. The van der Waals surface area contributed by atoms with E-state index in [1.54, 1.807) is 7.11 Å². The van der Waals surface area contributed by atoms with Crippen LogP contribution in [-0.2, 0) is 17.7 Å². The lowest BCUT2D eigenvalue weighted by molar-refractivity contribution is 0.190. The van der Waals surface area contributed by atoms with Crippen molar-refractivity contribution in [2.24, 2.45) is 5.73 Å². The minimum absolute atomic E-state index is 0.753. The van der Waals surface area contributed by atoms with Crippen LogP contribution in [-0.4, -0.2) is 24.8 Å². The van der Waals surface area contributed by atoms with Crippen LogP contribution in [0.1, 0.15) is 18.4 Å². The number of para-hydroxylation sites is 1. The van der Waals surface area contributed by atoms with E-state index in [1.807, 2.05) is 0 Å². The first-order valence-electron chi connectivity index (χ1n) is 6.62. The number of ether oxygens (including phenoxy) is 1. The summed E-state index contributed by atoms with van der Waals surface area (Å²) in [6.45, 7) is 2.57. The molecule has 2 N–H and O–H groups in total. The second-order valence-electron chi connectivity index (χ2n) is 4.60. The molecule has 0 saturated heterocycles. The first-order chi connectivity index (χ1) is 8.86. The fraction of sp³-hybridized carbons (Fsp3) is 0.467. The summed E-state index contributed by atoms with van der Waals surface area (Å²) in [6, 6.07) is 8.59. The Bertz CT molecular complexity index is 490. The molecule has 0 saturated carbocycles. The van der Waals surface area contributed by atoms with Gasteiger partial charge in [0.1, 0.15) is 0 Å². The number of hydrogen-bond acceptors (Lipinski definition) is 2. The smallest absolute Gasteiger partial charge is 0.0483 e. The molecule has 0 radical (unpaired) electrons. The summed E-state index contributed by atoms with van der Waals surface area (Å²) in [5.41, 5.74) is 8.33. The second kappa shape index (κ2) is 6.57. The summed E-state index contributed by atoms with van der Waals surface area (Å²) in [5.74, 6) is 0. The summed E-state index contributed by atoms with van der Waals surface area (Å²) >= 11 is 0. The molecule has 0 atom stereocenters. The SMILES string of the molecule is COCCCn1cc(CCCN)c2ccccc21. The molecular formula is C15H22N2O. The van der Waals surface area contributed by atoms with Gasteiger partial charge in [0.15, 0.2) is 0 Å². The van der Waals surface area contributed by atoms with E-state index in [4.69, 9.17) is 10.5 Å². The minimum Gasteiger partial charge on any atom is -0.385 e. The molecule has 1 aromatic carbocycles. The molecule has 0 aliphatic heterocycles. The highest BCUT2D eigenvalue weighted by Gasteiger charge is 2.07. The van der Waals surface area contributed by atoms with Gasteiger partial charge in [0.2, 0.25) is 0 Å². The van der Waals surface area contributed by atoms with E-state index in [0.29, 0.717) is 0 Å². The standard InChI is InChI=1S/C15H22N2O/c1-18-11-5-10-17-12-13(6-4-9-16)14-7-2-3-8-15(14)17/h2-3,7-8,12H,4-6,9-11,16H2,1H3. The molecule has 0 aliphatic rings. The molecule has 0 aliphatic carbocycles.